The lowest BCUT2D eigenvalue weighted by atomic mass is 10.2. The first kappa shape index (κ1) is 14.1. The SMILES string of the molecule is C#CCN1CCN(C(=O)c2ccc(Cl)nc2Cl)CC1. The van der Waals surface area contributed by atoms with Crippen molar-refractivity contribution in [3.63, 3.8) is 0 Å². The molecule has 100 valence electrons. The number of amides is 1. The van der Waals surface area contributed by atoms with Gasteiger partial charge >= 0.3 is 0 Å². The van der Waals surface area contributed by atoms with E-state index in [2.05, 4.69) is 15.8 Å². The van der Waals surface area contributed by atoms with Crippen molar-refractivity contribution in [2.75, 3.05) is 32.7 Å². The molecule has 1 aliphatic rings. The van der Waals surface area contributed by atoms with Crippen LogP contribution < -0.4 is 0 Å². The number of nitrogens with zero attached hydrogens (tertiary/aromatic N) is 3. The maximum atomic E-state index is 12.3. The highest BCUT2D eigenvalue weighted by Gasteiger charge is 2.23. The summed E-state index contributed by atoms with van der Waals surface area (Å²) >= 11 is 11.7. The second-order valence-corrected chi connectivity index (χ2v) is 4.99. The molecule has 0 aromatic carbocycles. The average molecular weight is 298 g/mol. The largest absolute Gasteiger partial charge is 0.336 e. The predicted molar refractivity (Wildman–Crippen MR) is 75.4 cm³/mol. The molecule has 0 spiro atoms. The molecule has 1 amide bonds. The van der Waals surface area contributed by atoms with E-state index < -0.39 is 0 Å². The third-order valence-electron chi connectivity index (χ3n) is 3.02. The van der Waals surface area contributed by atoms with Gasteiger partial charge in [0.2, 0.25) is 0 Å². The molecule has 6 heteroatoms. The van der Waals surface area contributed by atoms with E-state index in [1.807, 2.05) is 0 Å². The average Bonchev–Trinajstić information content (AvgIpc) is 2.39. The van der Waals surface area contributed by atoms with Crippen LogP contribution in [-0.2, 0) is 0 Å². The van der Waals surface area contributed by atoms with Gasteiger partial charge in [-0.3, -0.25) is 9.69 Å². The minimum Gasteiger partial charge on any atom is -0.336 e. The van der Waals surface area contributed by atoms with Crippen LogP contribution in [-0.4, -0.2) is 53.4 Å². The van der Waals surface area contributed by atoms with E-state index in [0.717, 1.165) is 13.1 Å². The summed E-state index contributed by atoms with van der Waals surface area (Å²) < 4.78 is 0. The van der Waals surface area contributed by atoms with Crippen molar-refractivity contribution in [2.24, 2.45) is 0 Å². The Morgan fingerprint density at radius 3 is 2.58 bits per heavy atom. The van der Waals surface area contributed by atoms with Crippen LogP contribution in [0.15, 0.2) is 12.1 Å². The van der Waals surface area contributed by atoms with Gasteiger partial charge in [0.1, 0.15) is 10.3 Å². The van der Waals surface area contributed by atoms with Crippen LogP contribution >= 0.6 is 23.2 Å². The van der Waals surface area contributed by atoms with E-state index in [9.17, 15) is 4.79 Å². The van der Waals surface area contributed by atoms with E-state index in [1.165, 1.54) is 0 Å². The zero-order valence-electron chi connectivity index (χ0n) is 10.3. The van der Waals surface area contributed by atoms with Gasteiger partial charge in [-0.05, 0) is 12.1 Å². The van der Waals surface area contributed by atoms with Crippen LogP contribution in [0.1, 0.15) is 10.4 Å². The molecule has 0 saturated carbocycles. The number of carbonyl (C=O) groups excluding carboxylic acids is 1. The molecule has 1 aliphatic heterocycles. The number of piperazine rings is 1. The van der Waals surface area contributed by atoms with Gasteiger partial charge in [-0.15, -0.1) is 6.42 Å². The molecule has 2 heterocycles. The first-order valence-electron chi connectivity index (χ1n) is 5.89. The third-order valence-corrected chi connectivity index (χ3v) is 3.52. The molecule has 0 aliphatic carbocycles. The van der Waals surface area contributed by atoms with Crippen molar-refractivity contribution < 1.29 is 4.79 Å². The number of carbonyl (C=O) groups is 1. The fourth-order valence-electron chi connectivity index (χ4n) is 1.98. The van der Waals surface area contributed by atoms with Gasteiger partial charge in [0.05, 0.1) is 12.1 Å². The molecular weight excluding hydrogens is 285 g/mol. The van der Waals surface area contributed by atoms with E-state index >= 15 is 0 Å². The third kappa shape index (κ3) is 3.38. The van der Waals surface area contributed by atoms with Crippen molar-refractivity contribution in [1.82, 2.24) is 14.8 Å². The number of terminal acetylenes is 1. The fourth-order valence-corrected chi connectivity index (χ4v) is 2.41. The smallest absolute Gasteiger partial charge is 0.257 e. The molecule has 4 nitrogen and oxygen atoms in total. The number of halogens is 2. The second-order valence-electron chi connectivity index (χ2n) is 4.24. The monoisotopic (exact) mass is 297 g/mol. The van der Waals surface area contributed by atoms with Crippen molar-refractivity contribution in [3.8, 4) is 12.3 Å². The lowest BCUT2D eigenvalue weighted by Gasteiger charge is -2.33. The number of rotatable bonds is 2. The maximum absolute atomic E-state index is 12.3. The van der Waals surface area contributed by atoms with E-state index in [1.54, 1.807) is 17.0 Å². The summed E-state index contributed by atoms with van der Waals surface area (Å²) in [7, 11) is 0. The highest BCUT2D eigenvalue weighted by atomic mass is 35.5. The molecular formula is C13H13Cl2N3O. The Labute approximate surface area is 122 Å². The quantitative estimate of drug-likeness (QED) is 0.617. The Morgan fingerprint density at radius 1 is 1.32 bits per heavy atom. The molecule has 0 bridgehead atoms. The van der Waals surface area contributed by atoms with Crippen LogP contribution in [0.3, 0.4) is 0 Å². The fraction of sp³-hybridized carbons (Fsp3) is 0.385. The van der Waals surface area contributed by atoms with Gasteiger partial charge in [-0.2, -0.15) is 0 Å². The Hall–Kier alpha value is -1.28. The topological polar surface area (TPSA) is 36.4 Å². The molecule has 0 atom stereocenters. The summed E-state index contributed by atoms with van der Waals surface area (Å²) in [6.45, 7) is 3.44. The molecule has 2 rings (SSSR count). The maximum Gasteiger partial charge on any atom is 0.257 e. The van der Waals surface area contributed by atoms with Gasteiger partial charge in [-0.1, -0.05) is 29.1 Å². The summed E-state index contributed by atoms with van der Waals surface area (Å²) in [6.07, 6.45) is 5.27. The summed E-state index contributed by atoms with van der Waals surface area (Å²) in [5, 5.41) is 0.420. The van der Waals surface area contributed by atoms with Crippen LogP contribution in [0.25, 0.3) is 0 Å². The van der Waals surface area contributed by atoms with Crippen LogP contribution in [0, 0.1) is 12.3 Å². The van der Waals surface area contributed by atoms with E-state index in [4.69, 9.17) is 29.6 Å². The van der Waals surface area contributed by atoms with Gasteiger partial charge in [-0.25, -0.2) is 4.98 Å². The number of pyridine rings is 1. The highest BCUT2D eigenvalue weighted by Crippen LogP contribution is 2.19. The second kappa shape index (κ2) is 6.25. The van der Waals surface area contributed by atoms with Crippen LogP contribution in [0.5, 0.6) is 0 Å². The van der Waals surface area contributed by atoms with E-state index in [0.29, 0.717) is 25.2 Å². The Morgan fingerprint density at radius 2 is 2.00 bits per heavy atom. The van der Waals surface area contributed by atoms with Crippen LogP contribution in [0.4, 0.5) is 0 Å². The van der Waals surface area contributed by atoms with Gasteiger partial charge < -0.3 is 4.90 Å². The Balaban J connectivity index is 2.03. The minimum atomic E-state index is -0.116. The molecule has 0 unspecified atom stereocenters. The summed E-state index contributed by atoms with van der Waals surface area (Å²) in [4.78, 5) is 20.1. The molecule has 19 heavy (non-hydrogen) atoms. The normalized spacial score (nSPS) is 16.2. The van der Waals surface area contributed by atoms with Crippen molar-refractivity contribution >= 4 is 29.1 Å². The zero-order chi connectivity index (χ0) is 13.8. The predicted octanol–water partition coefficient (Wildman–Crippen LogP) is 1.78. The molecule has 1 aromatic rings. The van der Waals surface area contributed by atoms with Crippen molar-refractivity contribution in [3.05, 3.63) is 28.0 Å². The highest BCUT2D eigenvalue weighted by molar-refractivity contribution is 6.34. The molecule has 0 N–H and O–H groups in total. The lowest BCUT2D eigenvalue weighted by Crippen LogP contribution is -2.48. The van der Waals surface area contributed by atoms with Gasteiger partial charge in [0, 0.05) is 26.2 Å². The molecule has 0 radical (unpaired) electrons. The molecule has 1 fully saturated rings. The standard InChI is InChI=1S/C13H13Cl2N3O/c1-2-5-17-6-8-18(9-7-17)13(19)10-3-4-11(14)16-12(10)15/h1,3-4H,5-9H2. The number of hydrogen-bond acceptors (Lipinski definition) is 3. The first-order chi connectivity index (χ1) is 9.11. The zero-order valence-corrected chi connectivity index (χ0v) is 11.8. The van der Waals surface area contributed by atoms with Gasteiger partial charge in [0.15, 0.2) is 0 Å². The lowest BCUT2D eigenvalue weighted by molar-refractivity contribution is 0.0652. The van der Waals surface area contributed by atoms with Gasteiger partial charge in [0.25, 0.3) is 5.91 Å². The minimum absolute atomic E-state index is 0.116. The summed E-state index contributed by atoms with van der Waals surface area (Å²) in [6, 6.07) is 3.17. The molecule has 1 aromatic heterocycles. The summed E-state index contributed by atoms with van der Waals surface area (Å²) in [5.41, 5.74) is 0.386. The van der Waals surface area contributed by atoms with Crippen LogP contribution in [0.2, 0.25) is 10.3 Å². The van der Waals surface area contributed by atoms with Crippen molar-refractivity contribution in [1.29, 1.82) is 0 Å². The summed E-state index contributed by atoms with van der Waals surface area (Å²) in [5.74, 6) is 2.49. The number of hydrogen-bond donors (Lipinski definition) is 0. The Bertz CT molecular complexity index is 519. The Kier molecular flexibility index (Phi) is 4.65. The van der Waals surface area contributed by atoms with E-state index in [-0.39, 0.29) is 16.2 Å². The first-order valence-corrected chi connectivity index (χ1v) is 6.64. The van der Waals surface area contributed by atoms with Crippen molar-refractivity contribution in [2.45, 2.75) is 0 Å². The molecule has 1 saturated heterocycles. The number of aromatic nitrogens is 1.